The van der Waals surface area contributed by atoms with Crippen LogP contribution >= 0.6 is 0 Å². The van der Waals surface area contributed by atoms with Crippen LogP contribution in [0.15, 0.2) is 80.2 Å². The van der Waals surface area contributed by atoms with Crippen LogP contribution in [0.4, 0.5) is 5.69 Å². The Balaban J connectivity index is 1.16. The van der Waals surface area contributed by atoms with Crippen LogP contribution in [0.25, 0.3) is 21.7 Å². The second-order valence-corrected chi connectivity index (χ2v) is 16.9. The number of aliphatic hydroxyl groups is 5. The molecule has 4 aromatic rings. The van der Waals surface area contributed by atoms with Gasteiger partial charge in [-0.1, -0.05) is 13.0 Å². The number of rotatable bonds is 15. The molecule has 1 fully saturated rings. The normalized spacial score (nSPS) is 24.5. The number of nitrogens with zero attached hydrogens (tertiary/aromatic N) is 2. The molecule has 1 amide bonds. The van der Waals surface area contributed by atoms with E-state index in [1.807, 2.05) is 24.1 Å². The van der Waals surface area contributed by atoms with E-state index in [2.05, 4.69) is 17.2 Å². The molecule has 4 aliphatic heterocycles. The summed E-state index contributed by atoms with van der Waals surface area (Å²) in [5, 5.41) is 79.2. The number of carbonyl (C=O) groups excluding carboxylic acids is 1. The van der Waals surface area contributed by atoms with Gasteiger partial charge in [-0.25, -0.2) is 9.78 Å². The summed E-state index contributed by atoms with van der Waals surface area (Å²) in [5.41, 5.74) is -0.149. The summed E-state index contributed by atoms with van der Waals surface area (Å²) < 4.78 is 13.4. The number of aliphatic imine (C=N–C) groups is 1. The Morgan fingerprint density at radius 3 is 2.61 bits per heavy atom. The maximum Gasteiger partial charge on any atom is 0.220 e. The van der Waals surface area contributed by atoms with Gasteiger partial charge in [0.05, 0.1) is 23.7 Å². The number of aliphatic hydroxyl groups excluding tert-OH is 4. The van der Waals surface area contributed by atoms with E-state index in [1.54, 1.807) is 19.2 Å². The van der Waals surface area contributed by atoms with E-state index in [-0.39, 0.29) is 41.2 Å². The molecule has 0 saturated carbocycles. The predicted molar refractivity (Wildman–Crippen MR) is 223 cm³/mol. The lowest BCUT2D eigenvalue weighted by atomic mass is 9.83. The number of aryl methyl sites for hydroxylation is 1. The number of fused-ring (bicyclic) bond motifs is 4. The van der Waals surface area contributed by atoms with Crippen molar-refractivity contribution < 1.29 is 59.5 Å². The van der Waals surface area contributed by atoms with Gasteiger partial charge in [0.2, 0.25) is 5.91 Å². The third-order valence-corrected chi connectivity index (χ3v) is 12.6. The fraction of sp³-hybridized carbons (Fsp3) is 0.444. The Morgan fingerprint density at radius 1 is 1.07 bits per heavy atom. The average Bonchev–Trinajstić information content (AvgIpc) is 3.96. The number of amides is 1. The molecule has 4 aliphatic rings. The molecule has 0 radical (unpaired) electrons. The molecule has 0 bridgehead atoms. The van der Waals surface area contributed by atoms with E-state index < -0.39 is 55.3 Å². The Morgan fingerprint density at radius 2 is 1.87 bits per heavy atom. The highest BCUT2D eigenvalue weighted by Gasteiger charge is 2.48. The first-order valence-corrected chi connectivity index (χ1v) is 20.5. The molecule has 61 heavy (non-hydrogen) atoms. The van der Waals surface area contributed by atoms with Crippen molar-refractivity contribution in [3.63, 3.8) is 0 Å². The molecule has 8 atom stereocenters. The van der Waals surface area contributed by atoms with Gasteiger partial charge in [0.1, 0.15) is 65.2 Å². The molecular formula is C45H51N3O13. The average molecular weight is 842 g/mol. The largest absolute Gasteiger partial charge is 0.508 e. The summed E-state index contributed by atoms with van der Waals surface area (Å²) in [5.74, 6) is 0.641. The van der Waals surface area contributed by atoms with Gasteiger partial charge in [0, 0.05) is 60.8 Å². The topological polar surface area (TPSA) is 244 Å². The molecule has 8 rings (SSSR count). The molecule has 0 spiro atoms. The summed E-state index contributed by atoms with van der Waals surface area (Å²) in [6, 6.07) is 10.1. The number of aromatic hydroxyl groups is 2. The van der Waals surface area contributed by atoms with E-state index in [0.717, 1.165) is 11.3 Å². The van der Waals surface area contributed by atoms with Crippen LogP contribution < -0.4 is 20.4 Å². The van der Waals surface area contributed by atoms with Gasteiger partial charge in [-0.2, -0.15) is 0 Å². The van der Waals surface area contributed by atoms with Gasteiger partial charge in [-0.3, -0.25) is 14.6 Å². The van der Waals surface area contributed by atoms with E-state index in [9.17, 15) is 45.3 Å². The van der Waals surface area contributed by atoms with E-state index in [4.69, 9.17) is 18.9 Å². The number of ether oxygens (including phenoxy) is 1. The van der Waals surface area contributed by atoms with Gasteiger partial charge in [-0.15, -0.1) is 0 Å². The van der Waals surface area contributed by atoms with Crippen molar-refractivity contribution >= 4 is 39.6 Å². The zero-order valence-electron chi connectivity index (χ0n) is 34.1. The smallest absolute Gasteiger partial charge is 0.220 e. The number of nitrogens with one attached hydrogen (secondary N) is 1. The van der Waals surface area contributed by atoms with E-state index >= 15 is 0 Å². The highest BCUT2D eigenvalue weighted by molar-refractivity contribution is 5.97. The minimum absolute atomic E-state index is 0.0174. The summed E-state index contributed by atoms with van der Waals surface area (Å²) in [4.78, 5) is 44.5. The second-order valence-electron chi connectivity index (χ2n) is 16.9. The summed E-state index contributed by atoms with van der Waals surface area (Å²) in [7, 11) is 0. The lowest BCUT2D eigenvalue weighted by Crippen LogP contribution is -2.58. The maximum absolute atomic E-state index is 13.6. The summed E-state index contributed by atoms with van der Waals surface area (Å²) in [6.45, 7) is 4.42. The number of allylic oxidation sites excluding steroid dienone is 1. The highest BCUT2D eigenvalue weighted by atomic mass is 17.2. The molecule has 16 heteroatoms. The molecular weight excluding hydrogens is 791 g/mol. The molecule has 5 heterocycles. The Kier molecular flexibility index (Phi) is 11.5. The zero-order chi connectivity index (χ0) is 43.4. The van der Waals surface area contributed by atoms with Gasteiger partial charge in [0.15, 0.2) is 16.8 Å². The van der Waals surface area contributed by atoms with Crippen LogP contribution in [-0.2, 0) is 27.4 Å². The number of hydrogen-bond donors (Lipinski definition) is 8. The number of hydrogen-bond acceptors (Lipinski definition) is 15. The fourth-order valence-corrected chi connectivity index (χ4v) is 9.06. The number of phenols is 2. The molecule has 1 saturated heterocycles. The zero-order valence-corrected chi connectivity index (χ0v) is 34.1. The molecule has 8 unspecified atom stereocenters. The third-order valence-electron chi connectivity index (χ3n) is 12.6. The first-order chi connectivity index (χ1) is 29.1. The van der Waals surface area contributed by atoms with Crippen LogP contribution in [0, 0.1) is 12.8 Å². The number of phenolic OH excluding ortho intramolecular Hbond substituents is 2. The van der Waals surface area contributed by atoms with Crippen molar-refractivity contribution in [2.24, 2.45) is 10.9 Å². The SMILES string of the molecule is CCC1C2=CC=NC2=CN1c1c2c(cc3c(=O)cc(C)oc13)CC(OOCC(O)(Cc1ccc(O)c3ccc(O)cc13)C(O)C(O)C(O)CO)C(C)(CCC1CNC(=O)C1)O2. The molecule has 3 aromatic carbocycles. The minimum atomic E-state index is -2.40. The fourth-order valence-electron chi connectivity index (χ4n) is 9.06. The highest BCUT2D eigenvalue weighted by Crippen LogP contribution is 2.50. The third kappa shape index (κ3) is 7.89. The Hall–Kier alpha value is -5.33. The quantitative estimate of drug-likeness (QED) is 0.0634. The van der Waals surface area contributed by atoms with Crippen molar-refractivity contribution in [3.05, 3.63) is 93.1 Å². The predicted octanol–water partition coefficient (Wildman–Crippen LogP) is 3.09. The molecule has 1 aromatic heterocycles. The number of carbonyl (C=O) groups is 1. The van der Waals surface area contributed by atoms with Crippen molar-refractivity contribution in [3.8, 4) is 17.2 Å². The van der Waals surface area contributed by atoms with Crippen LogP contribution in [0.3, 0.4) is 0 Å². The molecule has 16 nitrogen and oxygen atoms in total. The van der Waals surface area contributed by atoms with Gasteiger partial charge in [0.25, 0.3) is 0 Å². The maximum atomic E-state index is 13.6. The first-order valence-electron chi connectivity index (χ1n) is 20.5. The second kappa shape index (κ2) is 16.5. The number of benzene rings is 3. The Bertz CT molecular complexity index is 2520. The lowest BCUT2D eigenvalue weighted by Gasteiger charge is -2.44. The lowest BCUT2D eigenvalue weighted by molar-refractivity contribution is -0.371. The van der Waals surface area contributed by atoms with Crippen LogP contribution in [0.2, 0.25) is 0 Å². The number of anilines is 1. The van der Waals surface area contributed by atoms with Crippen LogP contribution in [-0.4, -0.2) is 109 Å². The van der Waals surface area contributed by atoms with Crippen molar-refractivity contribution in [2.45, 2.75) is 101 Å². The van der Waals surface area contributed by atoms with Gasteiger partial charge < -0.3 is 55.1 Å². The van der Waals surface area contributed by atoms with Crippen molar-refractivity contribution in [1.29, 1.82) is 0 Å². The van der Waals surface area contributed by atoms with Gasteiger partial charge >= 0.3 is 0 Å². The summed E-state index contributed by atoms with van der Waals surface area (Å²) in [6.07, 6.45) is 0.440. The van der Waals surface area contributed by atoms with Crippen LogP contribution in [0.5, 0.6) is 17.2 Å². The van der Waals surface area contributed by atoms with Crippen molar-refractivity contribution in [2.75, 3.05) is 24.7 Å². The van der Waals surface area contributed by atoms with Crippen molar-refractivity contribution in [1.82, 2.24) is 5.32 Å². The molecule has 324 valence electrons. The van der Waals surface area contributed by atoms with Gasteiger partial charge in [-0.05, 0) is 86.4 Å². The van der Waals surface area contributed by atoms with Crippen LogP contribution in [0.1, 0.15) is 56.4 Å². The molecule has 8 N–H and O–H groups in total. The van der Waals surface area contributed by atoms with E-state index in [0.29, 0.717) is 82.3 Å². The summed E-state index contributed by atoms with van der Waals surface area (Å²) >= 11 is 0. The minimum Gasteiger partial charge on any atom is -0.508 e. The molecule has 0 aliphatic carbocycles. The first kappa shape index (κ1) is 42.4. The monoisotopic (exact) mass is 841 g/mol. The van der Waals surface area contributed by atoms with E-state index in [1.165, 1.54) is 36.4 Å². The standard InChI is InChI=1S/C45H51N3O13/c1-4-33-29-10-12-46-32(29)20-48(33)39-41-26(15-31-35(52)13-23(2)59-42(31)39)16-37(44(3,60-41)11-9-24-14-38(54)47-19-24)61-58-22-45(57,43(56)40(55)36(53)21-49)18-25-5-8-34(51)28-7-6-27(50)17-30(25)28/h5-8,10,12-13,15,17,20,24,33,36-37,40,43,49-51,53,55-57H,4,9,11,14,16,18-19,21-22H2,1-3H3,(H,47,54). The Labute approximate surface area is 350 Å².